The van der Waals surface area contributed by atoms with Crippen LogP contribution in [0.5, 0.6) is 5.75 Å². The summed E-state index contributed by atoms with van der Waals surface area (Å²) >= 11 is 0. The average Bonchev–Trinajstić information content (AvgIpc) is 2.51. The highest BCUT2D eigenvalue weighted by atomic mass is 16.5. The van der Waals surface area contributed by atoms with E-state index in [4.69, 9.17) is 4.74 Å². The summed E-state index contributed by atoms with van der Waals surface area (Å²) in [7, 11) is 3.46. The normalized spacial score (nSPS) is 10.6. The molecule has 112 valence electrons. The lowest BCUT2D eigenvalue weighted by Gasteiger charge is -2.12. The number of aryl methyl sites for hydroxylation is 1. The molecule has 0 unspecified atom stereocenters. The number of aromatic nitrogens is 2. The van der Waals surface area contributed by atoms with E-state index in [-0.39, 0.29) is 5.56 Å². The van der Waals surface area contributed by atoms with E-state index in [1.807, 2.05) is 44.3 Å². The Kier molecular flexibility index (Phi) is 5.11. The highest BCUT2D eigenvalue weighted by Crippen LogP contribution is 2.27. The lowest BCUT2D eigenvalue weighted by Crippen LogP contribution is -2.28. The molecule has 0 fully saturated rings. The Bertz CT molecular complexity index is 635. The predicted octanol–water partition coefficient (Wildman–Crippen LogP) is 2.05. The van der Waals surface area contributed by atoms with Crippen LogP contribution in [0, 0.1) is 0 Å². The maximum Gasteiger partial charge on any atom is 0.271 e. The monoisotopic (exact) mass is 287 g/mol. The van der Waals surface area contributed by atoms with E-state index in [1.54, 1.807) is 7.11 Å². The van der Waals surface area contributed by atoms with Gasteiger partial charge in [0.15, 0.2) is 0 Å². The number of hydrogen-bond donors (Lipinski definition) is 1. The first-order chi connectivity index (χ1) is 10.2. The van der Waals surface area contributed by atoms with Gasteiger partial charge in [0.05, 0.1) is 12.8 Å². The van der Waals surface area contributed by atoms with Crippen LogP contribution in [-0.2, 0) is 13.1 Å². The van der Waals surface area contributed by atoms with Crippen LogP contribution in [-0.4, -0.2) is 23.9 Å². The SMILES string of the molecule is CCCn1nc(-c2ccccc2OC)cc(CNC)c1=O. The highest BCUT2D eigenvalue weighted by Gasteiger charge is 2.12. The Hall–Kier alpha value is -2.14. The molecule has 0 saturated carbocycles. The summed E-state index contributed by atoms with van der Waals surface area (Å²) < 4.78 is 6.92. The zero-order valence-electron chi connectivity index (χ0n) is 12.7. The smallest absolute Gasteiger partial charge is 0.271 e. The van der Waals surface area contributed by atoms with Gasteiger partial charge in [0, 0.05) is 24.2 Å². The van der Waals surface area contributed by atoms with Crippen molar-refractivity contribution in [3.8, 4) is 17.0 Å². The number of nitrogens with one attached hydrogen (secondary N) is 1. The number of hydrogen-bond acceptors (Lipinski definition) is 4. The lowest BCUT2D eigenvalue weighted by molar-refractivity contribution is 0.416. The number of benzene rings is 1. The van der Waals surface area contributed by atoms with Gasteiger partial charge in [-0.1, -0.05) is 19.1 Å². The standard InChI is InChI=1S/C16H21N3O2/c1-4-9-19-16(20)12(11-17-2)10-14(18-19)13-7-5-6-8-15(13)21-3/h5-8,10,17H,4,9,11H2,1-3H3. The Morgan fingerprint density at radius 2 is 2.10 bits per heavy atom. The van der Waals surface area contributed by atoms with Crippen molar-refractivity contribution in [3.63, 3.8) is 0 Å². The van der Waals surface area contributed by atoms with Crippen molar-refractivity contribution >= 4 is 0 Å². The van der Waals surface area contributed by atoms with Gasteiger partial charge < -0.3 is 10.1 Å². The fourth-order valence-corrected chi connectivity index (χ4v) is 2.27. The second kappa shape index (κ2) is 7.04. The summed E-state index contributed by atoms with van der Waals surface area (Å²) in [6.07, 6.45) is 0.862. The maximum absolute atomic E-state index is 12.3. The summed E-state index contributed by atoms with van der Waals surface area (Å²) in [4.78, 5) is 12.3. The van der Waals surface area contributed by atoms with Gasteiger partial charge in [0.25, 0.3) is 5.56 Å². The Morgan fingerprint density at radius 1 is 1.33 bits per heavy atom. The summed E-state index contributed by atoms with van der Waals surface area (Å²) in [5, 5.41) is 7.51. The molecule has 0 saturated heterocycles. The number of ether oxygens (including phenoxy) is 1. The molecule has 0 amide bonds. The van der Waals surface area contributed by atoms with Gasteiger partial charge in [-0.2, -0.15) is 5.10 Å². The first-order valence-corrected chi connectivity index (χ1v) is 7.10. The molecule has 21 heavy (non-hydrogen) atoms. The second-order valence-corrected chi connectivity index (χ2v) is 4.81. The minimum absolute atomic E-state index is 0.0372. The molecule has 2 rings (SSSR count). The molecule has 1 aromatic heterocycles. The van der Waals surface area contributed by atoms with Crippen LogP contribution in [0.15, 0.2) is 35.1 Å². The van der Waals surface area contributed by atoms with E-state index in [9.17, 15) is 4.79 Å². The van der Waals surface area contributed by atoms with Crippen molar-refractivity contribution in [2.45, 2.75) is 26.4 Å². The van der Waals surface area contributed by atoms with Crippen LogP contribution >= 0.6 is 0 Å². The van der Waals surface area contributed by atoms with Gasteiger partial charge in [0.1, 0.15) is 5.75 Å². The molecule has 2 aromatic rings. The minimum atomic E-state index is -0.0372. The summed E-state index contributed by atoms with van der Waals surface area (Å²) in [5.41, 5.74) is 2.32. The van der Waals surface area contributed by atoms with E-state index >= 15 is 0 Å². The topological polar surface area (TPSA) is 56.1 Å². The first-order valence-electron chi connectivity index (χ1n) is 7.10. The molecule has 0 atom stereocenters. The molecular weight excluding hydrogens is 266 g/mol. The molecule has 5 nitrogen and oxygen atoms in total. The predicted molar refractivity (Wildman–Crippen MR) is 83.5 cm³/mol. The molecule has 0 radical (unpaired) electrons. The summed E-state index contributed by atoms with van der Waals surface area (Å²) in [5.74, 6) is 0.752. The third-order valence-corrected chi connectivity index (χ3v) is 3.23. The van der Waals surface area contributed by atoms with E-state index in [0.717, 1.165) is 23.4 Å². The van der Waals surface area contributed by atoms with Crippen molar-refractivity contribution < 1.29 is 4.74 Å². The molecule has 0 spiro atoms. The van der Waals surface area contributed by atoms with Crippen molar-refractivity contribution in [1.82, 2.24) is 15.1 Å². The van der Waals surface area contributed by atoms with Crippen molar-refractivity contribution in [1.29, 1.82) is 0 Å². The molecule has 1 N–H and O–H groups in total. The minimum Gasteiger partial charge on any atom is -0.496 e. The van der Waals surface area contributed by atoms with Crippen LogP contribution in [0.2, 0.25) is 0 Å². The Balaban J connectivity index is 2.60. The second-order valence-electron chi connectivity index (χ2n) is 4.81. The van der Waals surface area contributed by atoms with E-state index in [0.29, 0.717) is 18.7 Å². The third-order valence-electron chi connectivity index (χ3n) is 3.23. The molecule has 5 heteroatoms. The average molecular weight is 287 g/mol. The molecule has 1 aromatic carbocycles. The van der Waals surface area contributed by atoms with Crippen LogP contribution < -0.4 is 15.6 Å². The lowest BCUT2D eigenvalue weighted by atomic mass is 10.1. The zero-order chi connectivity index (χ0) is 15.2. The third kappa shape index (κ3) is 3.31. The Labute approximate surface area is 124 Å². The number of methoxy groups -OCH3 is 1. The van der Waals surface area contributed by atoms with E-state index in [1.165, 1.54) is 4.68 Å². The summed E-state index contributed by atoms with van der Waals surface area (Å²) in [6, 6.07) is 9.53. The van der Waals surface area contributed by atoms with Crippen molar-refractivity contribution in [2.75, 3.05) is 14.2 Å². The molecule has 0 aliphatic heterocycles. The van der Waals surface area contributed by atoms with Crippen LogP contribution in [0.1, 0.15) is 18.9 Å². The van der Waals surface area contributed by atoms with Gasteiger partial charge in [-0.3, -0.25) is 4.79 Å². The van der Waals surface area contributed by atoms with Crippen LogP contribution in [0.4, 0.5) is 0 Å². The quantitative estimate of drug-likeness (QED) is 0.883. The van der Waals surface area contributed by atoms with Crippen molar-refractivity contribution in [3.05, 3.63) is 46.2 Å². The largest absolute Gasteiger partial charge is 0.496 e. The fraction of sp³-hybridized carbons (Fsp3) is 0.375. The molecule has 0 bridgehead atoms. The van der Waals surface area contributed by atoms with Gasteiger partial charge >= 0.3 is 0 Å². The molecular formula is C16H21N3O2. The maximum atomic E-state index is 12.3. The molecule has 0 aliphatic carbocycles. The molecule has 0 aliphatic rings. The van der Waals surface area contributed by atoms with Gasteiger partial charge in [-0.15, -0.1) is 0 Å². The van der Waals surface area contributed by atoms with Gasteiger partial charge in [-0.25, -0.2) is 4.68 Å². The zero-order valence-corrected chi connectivity index (χ0v) is 12.7. The number of rotatable bonds is 6. The fourth-order valence-electron chi connectivity index (χ4n) is 2.27. The molecule has 1 heterocycles. The van der Waals surface area contributed by atoms with E-state index in [2.05, 4.69) is 10.4 Å². The first kappa shape index (κ1) is 15.3. The van der Waals surface area contributed by atoms with Gasteiger partial charge in [-0.05, 0) is 31.7 Å². The van der Waals surface area contributed by atoms with E-state index < -0.39 is 0 Å². The Morgan fingerprint density at radius 3 is 2.76 bits per heavy atom. The summed E-state index contributed by atoms with van der Waals surface area (Å²) in [6.45, 7) is 3.16. The highest BCUT2D eigenvalue weighted by molar-refractivity contribution is 5.67. The van der Waals surface area contributed by atoms with Crippen LogP contribution in [0.3, 0.4) is 0 Å². The van der Waals surface area contributed by atoms with Gasteiger partial charge in [0.2, 0.25) is 0 Å². The van der Waals surface area contributed by atoms with Crippen LogP contribution in [0.25, 0.3) is 11.3 Å². The number of nitrogens with zero attached hydrogens (tertiary/aromatic N) is 2. The number of para-hydroxylation sites is 1. The van der Waals surface area contributed by atoms with Crippen molar-refractivity contribution in [2.24, 2.45) is 0 Å².